The molecule has 9 heteroatoms. The Balaban J connectivity index is 1.84. The van der Waals surface area contributed by atoms with Crippen molar-refractivity contribution in [3.63, 3.8) is 0 Å². The largest absolute Gasteiger partial charge is 0.396 e. The highest BCUT2D eigenvalue weighted by Gasteiger charge is 2.35. The Morgan fingerprint density at radius 3 is 2.73 bits per heavy atom. The van der Waals surface area contributed by atoms with Gasteiger partial charge in [-0.3, -0.25) is 14.5 Å². The molecule has 0 radical (unpaired) electrons. The second-order valence-electron chi connectivity index (χ2n) is 6.00. The second kappa shape index (κ2) is 7.65. The SMILES string of the molecule is Cn1c(NCCCO)nc2c1C(=O)N(Cc1ccc(Cl)c(Cl)c1)C(=O)C2. The van der Waals surface area contributed by atoms with Gasteiger partial charge in [0.2, 0.25) is 11.9 Å². The van der Waals surface area contributed by atoms with E-state index in [2.05, 4.69) is 10.3 Å². The van der Waals surface area contributed by atoms with Crippen LogP contribution >= 0.6 is 23.2 Å². The topological polar surface area (TPSA) is 87.5 Å². The molecule has 0 fully saturated rings. The number of nitrogens with zero attached hydrogens (tertiary/aromatic N) is 3. The third-order valence-corrected chi connectivity index (χ3v) is 4.92. The molecule has 2 amide bonds. The number of aromatic nitrogens is 2. The highest BCUT2D eigenvalue weighted by molar-refractivity contribution is 6.42. The van der Waals surface area contributed by atoms with E-state index in [1.807, 2.05) is 0 Å². The number of imidazole rings is 1. The zero-order valence-corrected chi connectivity index (χ0v) is 15.6. The zero-order chi connectivity index (χ0) is 18.8. The van der Waals surface area contributed by atoms with Crippen molar-refractivity contribution < 1.29 is 14.7 Å². The molecule has 0 aliphatic carbocycles. The van der Waals surface area contributed by atoms with E-state index in [0.717, 1.165) is 0 Å². The van der Waals surface area contributed by atoms with Crippen LogP contribution in [0.4, 0.5) is 5.95 Å². The van der Waals surface area contributed by atoms with Crippen LogP contribution in [0.2, 0.25) is 10.0 Å². The van der Waals surface area contributed by atoms with E-state index in [-0.39, 0.29) is 25.5 Å². The fraction of sp³-hybridized carbons (Fsp3) is 0.353. The molecule has 0 atom stereocenters. The summed E-state index contributed by atoms with van der Waals surface area (Å²) in [5, 5.41) is 12.7. The van der Waals surface area contributed by atoms with E-state index in [1.165, 1.54) is 4.90 Å². The van der Waals surface area contributed by atoms with E-state index >= 15 is 0 Å². The summed E-state index contributed by atoms with van der Waals surface area (Å²) in [4.78, 5) is 30.9. The molecular weight excluding hydrogens is 379 g/mol. The molecule has 0 unspecified atom stereocenters. The molecule has 7 nitrogen and oxygen atoms in total. The number of carbonyl (C=O) groups is 2. The number of aliphatic hydroxyl groups is 1. The second-order valence-corrected chi connectivity index (χ2v) is 6.82. The minimum atomic E-state index is -0.396. The van der Waals surface area contributed by atoms with Gasteiger partial charge in [0.05, 0.1) is 28.7 Å². The summed E-state index contributed by atoms with van der Waals surface area (Å²) in [6, 6.07) is 5.01. The van der Waals surface area contributed by atoms with Gasteiger partial charge in [-0.15, -0.1) is 0 Å². The van der Waals surface area contributed by atoms with Gasteiger partial charge in [0.25, 0.3) is 5.91 Å². The number of hydrogen-bond donors (Lipinski definition) is 2. The molecule has 2 aromatic rings. The summed E-state index contributed by atoms with van der Waals surface area (Å²) in [6.45, 7) is 0.702. The molecule has 0 bridgehead atoms. The van der Waals surface area contributed by atoms with Crippen LogP contribution in [0, 0.1) is 0 Å². The van der Waals surface area contributed by atoms with Crippen LogP contribution in [0.15, 0.2) is 18.2 Å². The maximum absolute atomic E-state index is 12.9. The number of halogens is 2. The summed E-state index contributed by atoms with van der Waals surface area (Å²) in [7, 11) is 1.72. The number of rotatable bonds is 6. The van der Waals surface area contributed by atoms with E-state index in [4.69, 9.17) is 28.3 Å². The van der Waals surface area contributed by atoms with Crippen molar-refractivity contribution in [2.24, 2.45) is 7.05 Å². The summed E-state index contributed by atoms with van der Waals surface area (Å²) < 4.78 is 1.64. The molecule has 2 N–H and O–H groups in total. The number of carbonyl (C=O) groups excluding carboxylic acids is 2. The first-order valence-electron chi connectivity index (χ1n) is 8.11. The maximum atomic E-state index is 12.9. The van der Waals surface area contributed by atoms with Crippen molar-refractivity contribution in [1.29, 1.82) is 0 Å². The first kappa shape index (κ1) is 18.7. The fourth-order valence-electron chi connectivity index (χ4n) is 2.84. The normalized spacial score (nSPS) is 13.9. The van der Waals surface area contributed by atoms with Crippen LogP contribution in [-0.4, -0.2) is 44.5 Å². The van der Waals surface area contributed by atoms with Gasteiger partial charge in [-0.1, -0.05) is 29.3 Å². The summed E-state index contributed by atoms with van der Waals surface area (Å²) in [5.74, 6) is -0.206. The minimum Gasteiger partial charge on any atom is -0.396 e. The summed E-state index contributed by atoms with van der Waals surface area (Å²) in [5.41, 5.74) is 1.56. The third-order valence-electron chi connectivity index (χ3n) is 4.18. The smallest absolute Gasteiger partial charge is 0.279 e. The molecule has 1 aliphatic heterocycles. The van der Waals surface area contributed by atoms with E-state index in [0.29, 0.717) is 45.9 Å². The molecule has 1 aliphatic rings. The Bertz CT molecular complexity index is 866. The number of hydrogen-bond acceptors (Lipinski definition) is 5. The molecule has 0 saturated heterocycles. The lowest BCUT2D eigenvalue weighted by Crippen LogP contribution is -2.42. The van der Waals surface area contributed by atoms with Crippen molar-refractivity contribution in [3.05, 3.63) is 45.2 Å². The van der Waals surface area contributed by atoms with Gasteiger partial charge in [0.15, 0.2) is 0 Å². The predicted molar refractivity (Wildman–Crippen MR) is 98.4 cm³/mol. The van der Waals surface area contributed by atoms with Gasteiger partial charge in [0.1, 0.15) is 5.69 Å². The van der Waals surface area contributed by atoms with Crippen molar-refractivity contribution in [2.45, 2.75) is 19.4 Å². The van der Waals surface area contributed by atoms with Crippen LogP contribution in [0.5, 0.6) is 0 Å². The summed E-state index contributed by atoms with van der Waals surface area (Å²) >= 11 is 11.9. The molecule has 138 valence electrons. The first-order chi connectivity index (χ1) is 12.4. The van der Waals surface area contributed by atoms with Gasteiger partial charge in [-0.2, -0.15) is 0 Å². The van der Waals surface area contributed by atoms with Crippen LogP contribution in [0.1, 0.15) is 28.2 Å². The average molecular weight is 397 g/mol. The maximum Gasteiger partial charge on any atom is 0.279 e. The van der Waals surface area contributed by atoms with Gasteiger partial charge >= 0.3 is 0 Å². The molecule has 3 rings (SSSR count). The van der Waals surface area contributed by atoms with E-state index in [1.54, 1.807) is 29.8 Å². The Labute approximate surface area is 160 Å². The lowest BCUT2D eigenvalue weighted by Gasteiger charge is -2.25. The van der Waals surface area contributed by atoms with Crippen LogP contribution < -0.4 is 5.32 Å². The Kier molecular flexibility index (Phi) is 5.50. The third kappa shape index (κ3) is 3.56. The predicted octanol–water partition coefficient (Wildman–Crippen LogP) is 2.25. The van der Waals surface area contributed by atoms with Crippen LogP contribution in [-0.2, 0) is 24.8 Å². The van der Waals surface area contributed by atoms with Crippen molar-refractivity contribution in [1.82, 2.24) is 14.5 Å². The molecule has 0 spiro atoms. The van der Waals surface area contributed by atoms with Crippen molar-refractivity contribution in [3.8, 4) is 0 Å². The van der Waals surface area contributed by atoms with Gasteiger partial charge in [-0.25, -0.2) is 4.98 Å². The summed E-state index contributed by atoms with van der Waals surface area (Å²) in [6.07, 6.45) is 0.617. The Hall–Kier alpha value is -2.09. The van der Waals surface area contributed by atoms with Crippen molar-refractivity contribution in [2.75, 3.05) is 18.5 Å². The molecule has 0 saturated carbocycles. The number of amides is 2. The van der Waals surface area contributed by atoms with Gasteiger partial charge in [0, 0.05) is 20.2 Å². The lowest BCUT2D eigenvalue weighted by atomic mass is 10.1. The number of benzene rings is 1. The zero-order valence-electron chi connectivity index (χ0n) is 14.1. The highest BCUT2D eigenvalue weighted by Crippen LogP contribution is 2.26. The molecule has 1 aromatic carbocycles. The van der Waals surface area contributed by atoms with Crippen LogP contribution in [0.25, 0.3) is 0 Å². The fourth-order valence-corrected chi connectivity index (χ4v) is 3.16. The monoisotopic (exact) mass is 396 g/mol. The average Bonchev–Trinajstić information content (AvgIpc) is 2.91. The van der Waals surface area contributed by atoms with Gasteiger partial charge in [-0.05, 0) is 24.1 Å². The standard InChI is InChI=1S/C17H18Cl2N4O3/c1-22-15-13(21-17(22)20-5-2-6-24)8-14(25)23(16(15)26)9-10-3-4-11(18)12(19)7-10/h3-4,7,24H,2,5-6,8-9H2,1H3,(H,20,21). The number of aliphatic hydroxyl groups excluding tert-OH is 1. The molecule has 2 heterocycles. The van der Waals surface area contributed by atoms with Crippen molar-refractivity contribution >= 4 is 41.0 Å². The van der Waals surface area contributed by atoms with E-state index < -0.39 is 5.91 Å². The van der Waals surface area contributed by atoms with Gasteiger partial charge < -0.3 is 15.0 Å². The molecule has 1 aromatic heterocycles. The molecule has 26 heavy (non-hydrogen) atoms. The van der Waals surface area contributed by atoms with Crippen LogP contribution in [0.3, 0.4) is 0 Å². The Morgan fingerprint density at radius 2 is 2.04 bits per heavy atom. The molecular formula is C17H18Cl2N4O3. The number of imide groups is 1. The highest BCUT2D eigenvalue weighted by atomic mass is 35.5. The number of anilines is 1. The minimum absolute atomic E-state index is 0.0535. The number of fused-ring (bicyclic) bond motifs is 1. The first-order valence-corrected chi connectivity index (χ1v) is 8.87. The van der Waals surface area contributed by atoms with E-state index in [9.17, 15) is 9.59 Å². The number of nitrogens with one attached hydrogen (secondary N) is 1. The Morgan fingerprint density at radius 1 is 1.27 bits per heavy atom. The quantitative estimate of drug-likeness (QED) is 0.577. The lowest BCUT2D eigenvalue weighted by molar-refractivity contribution is -0.129.